The van der Waals surface area contributed by atoms with Gasteiger partial charge in [-0.1, -0.05) is 19.3 Å². The molecule has 1 saturated carbocycles. The maximum Gasteiger partial charge on any atom is 0.227 e. The van der Waals surface area contributed by atoms with Crippen LogP contribution in [0.25, 0.3) is 11.0 Å². The van der Waals surface area contributed by atoms with Crippen LogP contribution in [0, 0.1) is 6.92 Å². The summed E-state index contributed by atoms with van der Waals surface area (Å²) in [4.78, 5) is 16.7. The van der Waals surface area contributed by atoms with E-state index in [0.29, 0.717) is 5.92 Å². The van der Waals surface area contributed by atoms with E-state index in [4.69, 9.17) is 14.7 Å². The van der Waals surface area contributed by atoms with Gasteiger partial charge in [0.2, 0.25) is 5.95 Å². The van der Waals surface area contributed by atoms with Crippen molar-refractivity contribution in [2.45, 2.75) is 44.9 Å². The average molecular weight is 312 g/mol. The Morgan fingerprint density at radius 3 is 2.57 bits per heavy atom. The zero-order valence-electron chi connectivity index (χ0n) is 13.8. The summed E-state index contributed by atoms with van der Waals surface area (Å²) in [6.07, 6.45) is 6.45. The number of hydrogen-bond donors (Lipinski definition) is 0. The standard InChI is InChI=1S/C18H24N4O/c1-13-7-8-15-16(14-5-3-2-4-6-14)20-18(21-17(15)19-13)22-9-11-23-12-10-22/h7-8,14H,2-6,9-12H2,1H3. The van der Waals surface area contributed by atoms with Crippen molar-refractivity contribution >= 4 is 17.0 Å². The molecular formula is C18H24N4O. The molecule has 1 aliphatic heterocycles. The Bertz CT molecular complexity index is 691. The van der Waals surface area contributed by atoms with Gasteiger partial charge in [0.25, 0.3) is 0 Å². The Labute approximate surface area is 137 Å². The van der Waals surface area contributed by atoms with Crippen molar-refractivity contribution in [3.8, 4) is 0 Å². The van der Waals surface area contributed by atoms with E-state index < -0.39 is 0 Å². The predicted molar refractivity (Wildman–Crippen MR) is 90.9 cm³/mol. The van der Waals surface area contributed by atoms with Crippen LogP contribution in [0.1, 0.15) is 49.4 Å². The summed E-state index contributed by atoms with van der Waals surface area (Å²) < 4.78 is 5.46. The summed E-state index contributed by atoms with van der Waals surface area (Å²) in [6.45, 7) is 5.25. The van der Waals surface area contributed by atoms with E-state index in [9.17, 15) is 0 Å². The van der Waals surface area contributed by atoms with Crippen LogP contribution in [0.5, 0.6) is 0 Å². The summed E-state index contributed by atoms with van der Waals surface area (Å²) >= 11 is 0. The second kappa shape index (κ2) is 6.40. The molecule has 0 aromatic carbocycles. The highest BCUT2D eigenvalue weighted by Crippen LogP contribution is 2.35. The fourth-order valence-electron chi connectivity index (χ4n) is 3.71. The largest absolute Gasteiger partial charge is 0.378 e. The van der Waals surface area contributed by atoms with Crippen LogP contribution < -0.4 is 4.90 Å². The molecule has 122 valence electrons. The molecule has 0 N–H and O–H groups in total. The zero-order chi connectivity index (χ0) is 15.6. The predicted octanol–water partition coefficient (Wildman–Crippen LogP) is 3.22. The highest BCUT2D eigenvalue weighted by Gasteiger charge is 2.23. The summed E-state index contributed by atoms with van der Waals surface area (Å²) in [6, 6.07) is 4.23. The first kappa shape index (κ1) is 14.8. The molecule has 2 aliphatic rings. The summed E-state index contributed by atoms with van der Waals surface area (Å²) in [5, 5.41) is 1.14. The van der Waals surface area contributed by atoms with Crippen LogP contribution in [0.2, 0.25) is 0 Å². The molecule has 5 nitrogen and oxygen atoms in total. The SMILES string of the molecule is Cc1ccc2c(C3CCCCC3)nc(N3CCOCC3)nc2n1. The third-order valence-electron chi connectivity index (χ3n) is 5.00. The molecule has 23 heavy (non-hydrogen) atoms. The topological polar surface area (TPSA) is 51.1 Å². The van der Waals surface area contributed by atoms with Gasteiger partial charge in [-0.3, -0.25) is 0 Å². The maximum atomic E-state index is 5.46. The van der Waals surface area contributed by atoms with Gasteiger partial charge < -0.3 is 9.64 Å². The molecule has 3 heterocycles. The van der Waals surface area contributed by atoms with Gasteiger partial charge in [-0.25, -0.2) is 9.97 Å². The van der Waals surface area contributed by atoms with E-state index in [0.717, 1.165) is 49.0 Å². The molecule has 2 aromatic rings. The number of aromatic nitrogens is 3. The van der Waals surface area contributed by atoms with Gasteiger partial charge in [0.15, 0.2) is 5.65 Å². The van der Waals surface area contributed by atoms with Gasteiger partial charge in [0, 0.05) is 30.1 Å². The Morgan fingerprint density at radius 1 is 1.00 bits per heavy atom. The van der Waals surface area contributed by atoms with Crippen molar-refractivity contribution < 1.29 is 4.74 Å². The van der Waals surface area contributed by atoms with Gasteiger partial charge in [-0.05, 0) is 31.9 Å². The summed E-state index contributed by atoms with van der Waals surface area (Å²) in [5.41, 5.74) is 3.07. The number of rotatable bonds is 2. The van der Waals surface area contributed by atoms with E-state index in [-0.39, 0.29) is 0 Å². The molecule has 2 aromatic heterocycles. The van der Waals surface area contributed by atoms with Crippen molar-refractivity contribution in [3.63, 3.8) is 0 Å². The number of morpholine rings is 1. The normalized spacial score (nSPS) is 20.1. The molecule has 0 radical (unpaired) electrons. The lowest BCUT2D eigenvalue weighted by molar-refractivity contribution is 0.122. The lowest BCUT2D eigenvalue weighted by Crippen LogP contribution is -2.37. The first-order chi connectivity index (χ1) is 11.3. The molecule has 0 spiro atoms. The lowest BCUT2D eigenvalue weighted by Gasteiger charge is -2.28. The number of aryl methyl sites for hydroxylation is 1. The monoisotopic (exact) mass is 312 g/mol. The maximum absolute atomic E-state index is 5.46. The van der Waals surface area contributed by atoms with Gasteiger partial charge in [0.05, 0.1) is 18.9 Å². The molecule has 4 rings (SSSR count). The molecule has 2 fully saturated rings. The van der Waals surface area contributed by atoms with E-state index in [2.05, 4.69) is 22.0 Å². The summed E-state index contributed by atoms with van der Waals surface area (Å²) in [7, 11) is 0. The molecule has 0 unspecified atom stereocenters. The Kier molecular flexibility index (Phi) is 4.12. The van der Waals surface area contributed by atoms with Gasteiger partial charge in [-0.15, -0.1) is 0 Å². The minimum Gasteiger partial charge on any atom is -0.378 e. The molecule has 0 amide bonds. The fourth-order valence-corrected chi connectivity index (χ4v) is 3.71. The highest BCUT2D eigenvalue weighted by molar-refractivity contribution is 5.79. The Hall–Kier alpha value is -1.75. The molecule has 0 bridgehead atoms. The third kappa shape index (κ3) is 3.02. The number of ether oxygens (including phenoxy) is 1. The van der Waals surface area contributed by atoms with Crippen LogP contribution in [0.4, 0.5) is 5.95 Å². The minimum absolute atomic E-state index is 0.554. The quantitative estimate of drug-likeness (QED) is 0.852. The van der Waals surface area contributed by atoms with Gasteiger partial charge in [-0.2, -0.15) is 4.98 Å². The van der Waals surface area contributed by atoms with Crippen LogP contribution in [0.15, 0.2) is 12.1 Å². The average Bonchev–Trinajstić information content (AvgIpc) is 2.62. The van der Waals surface area contributed by atoms with Crippen LogP contribution in [0.3, 0.4) is 0 Å². The minimum atomic E-state index is 0.554. The van der Waals surface area contributed by atoms with Crippen molar-refractivity contribution in [2.24, 2.45) is 0 Å². The Balaban J connectivity index is 1.80. The van der Waals surface area contributed by atoms with Crippen LogP contribution >= 0.6 is 0 Å². The number of anilines is 1. The first-order valence-corrected chi connectivity index (χ1v) is 8.79. The van der Waals surface area contributed by atoms with E-state index in [1.54, 1.807) is 0 Å². The Morgan fingerprint density at radius 2 is 1.78 bits per heavy atom. The molecule has 0 atom stereocenters. The molecule has 1 aliphatic carbocycles. The van der Waals surface area contributed by atoms with E-state index in [1.807, 2.05) is 6.92 Å². The van der Waals surface area contributed by atoms with Gasteiger partial charge in [0.1, 0.15) is 0 Å². The second-order valence-electron chi connectivity index (χ2n) is 6.67. The summed E-state index contributed by atoms with van der Waals surface area (Å²) in [5.74, 6) is 1.39. The van der Waals surface area contributed by atoms with Crippen LogP contribution in [-0.2, 0) is 4.74 Å². The molecular weight excluding hydrogens is 288 g/mol. The molecule has 1 saturated heterocycles. The van der Waals surface area contributed by atoms with Crippen molar-refractivity contribution in [1.29, 1.82) is 0 Å². The van der Waals surface area contributed by atoms with Crippen molar-refractivity contribution in [2.75, 3.05) is 31.2 Å². The first-order valence-electron chi connectivity index (χ1n) is 8.79. The second-order valence-corrected chi connectivity index (χ2v) is 6.67. The van der Waals surface area contributed by atoms with Crippen molar-refractivity contribution in [3.05, 3.63) is 23.5 Å². The highest BCUT2D eigenvalue weighted by atomic mass is 16.5. The van der Waals surface area contributed by atoms with Gasteiger partial charge >= 0.3 is 0 Å². The van der Waals surface area contributed by atoms with Crippen LogP contribution in [-0.4, -0.2) is 41.3 Å². The number of fused-ring (bicyclic) bond motifs is 1. The van der Waals surface area contributed by atoms with E-state index in [1.165, 1.54) is 37.8 Å². The smallest absolute Gasteiger partial charge is 0.227 e. The number of pyridine rings is 1. The number of nitrogens with zero attached hydrogens (tertiary/aromatic N) is 4. The number of hydrogen-bond acceptors (Lipinski definition) is 5. The van der Waals surface area contributed by atoms with E-state index >= 15 is 0 Å². The third-order valence-corrected chi connectivity index (χ3v) is 5.00. The molecule has 5 heteroatoms. The lowest BCUT2D eigenvalue weighted by atomic mass is 9.85. The zero-order valence-corrected chi connectivity index (χ0v) is 13.8. The fraction of sp³-hybridized carbons (Fsp3) is 0.611. The van der Waals surface area contributed by atoms with Crippen molar-refractivity contribution in [1.82, 2.24) is 15.0 Å².